The third-order valence-electron chi connectivity index (χ3n) is 11.9. The predicted octanol–water partition coefficient (Wildman–Crippen LogP) is 14.5. The maximum atomic E-state index is 2.51. The Labute approximate surface area is 321 Å². The van der Waals surface area contributed by atoms with Crippen LogP contribution in [0.4, 0.5) is 0 Å². The van der Waals surface area contributed by atoms with Crippen molar-refractivity contribution in [3.05, 3.63) is 241 Å². The Bertz CT molecular complexity index is 3010. The lowest BCUT2D eigenvalue weighted by molar-refractivity contribution is 0.769. The Morgan fingerprint density at radius 3 is 1.40 bits per heavy atom. The van der Waals surface area contributed by atoms with Gasteiger partial charge < -0.3 is 0 Å². The van der Waals surface area contributed by atoms with Gasteiger partial charge in [-0.2, -0.15) is 0 Å². The van der Waals surface area contributed by atoms with Crippen LogP contribution < -0.4 is 0 Å². The van der Waals surface area contributed by atoms with E-state index in [0.717, 1.165) is 0 Å². The van der Waals surface area contributed by atoms with Crippen LogP contribution in [0.2, 0.25) is 0 Å². The lowest BCUT2D eigenvalue weighted by Gasteiger charge is -2.34. The molecule has 0 heterocycles. The second-order valence-electron chi connectivity index (χ2n) is 14.8. The van der Waals surface area contributed by atoms with Crippen molar-refractivity contribution in [3.63, 3.8) is 0 Å². The van der Waals surface area contributed by atoms with E-state index in [2.05, 4.69) is 218 Å². The van der Waals surface area contributed by atoms with Crippen molar-refractivity contribution in [2.24, 2.45) is 0 Å². The van der Waals surface area contributed by atoms with Crippen LogP contribution >= 0.6 is 0 Å². The van der Waals surface area contributed by atoms with Gasteiger partial charge in [0.15, 0.2) is 0 Å². The molecule has 1 aliphatic rings. The number of benzene rings is 10. The van der Waals surface area contributed by atoms with Gasteiger partial charge in [0.1, 0.15) is 0 Å². The summed E-state index contributed by atoms with van der Waals surface area (Å²) in [6.07, 6.45) is 0. The SMILES string of the molecule is c1ccc(-c2ccc(-c3cc4c(c5ccccc35)-c3ccc(-c5cc6ccccc6c6ccccc56)cc3C4(c3ccccc3)c3ccccc3)cc2)cc1. The maximum absolute atomic E-state index is 2.51. The van der Waals surface area contributed by atoms with E-state index >= 15 is 0 Å². The number of rotatable bonds is 5. The molecular formula is C55H36. The van der Waals surface area contributed by atoms with Gasteiger partial charge in [-0.3, -0.25) is 0 Å². The van der Waals surface area contributed by atoms with E-state index in [1.807, 2.05) is 0 Å². The highest BCUT2D eigenvalue weighted by molar-refractivity contribution is 6.15. The summed E-state index contributed by atoms with van der Waals surface area (Å²) in [5, 5.41) is 7.64. The zero-order valence-electron chi connectivity index (χ0n) is 30.3. The molecule has 11 rings (SSSR count). The van der Waals surface area contributed by atoms with E-state index in [-0.39, 0.29) is 0 Å². The molecule has 0 spiro atoms. The molecule has 0 nitrogen and oxygen atoms in total. The Hall–Kier alpha value is -7.02. The van der Waals surface area contributed by atoms with Gasteiger partial charge >= 0.3 is 0 Å². The van der Waals surface area contributed by atoms with Gasteiger partial charge in [-0.15, -0.1) is 0 Å². The van der Waals surface area contributed by atoms with Crippen molar-refractivity contribution in [1.82, 2.24) is 0 Å². The van der Waals surface area contributed by atoms with Crippen LogP contribution in [0.5, 0.6) is 0 Å². The van der Waals surface area contributed by atoms with Crippen molar-refractivity contribution in [3.8, 4) is 44.5 Å². The smallest absolute Gasteiger partial charge is 0.0622 e. The van der Waals surface area contributed by atoms with Gasteiger partial charge in [0.2, 0.25) is 0 Å². The van der Waals surface area contributed by atoms with Gasteiger partial charge in [-0.1, -0.05) is 200 Å². The number of fused-ring (bicyclic) bond motifs is 8. The first kappa shape index (κ1) is 31.5. The molecule has 0 N–H and O–H groups in total. The van der Waals surface area contributed by atoms with Crippen LogP contribution in [-0.4, -0.2) is 0 Å². The normalized spacial score (nSPS) is 12.9. The minimum absolute atomic E-state index is 0.557. The molecule has 10 aromatic carbocycles. The highest BCUT2D eigenvalue weighted by Gasteiger charge is 2.47. The summed E-state index contributed by atoms with van der Waals surface area (Å²) in [6.45, 7) is 0. The molecule has 10 aromatic rings. The van der Waals surface area contributed by atoms with E-state index in [0.29, 0.717) is 0 Å². The van der Waals surface area contributed by atoms with Crippen molar-refractivity contribution in [2.75, 3.05) is 0 Å². The van der Waals surface area contributed by atoms with Crippen LogP contribution in [0, 0.1) is 0 Å². The fourth-order valence-corrected chi connectivity index (χ4v) is 9.52. The van der Waals surface area contributed by atoms with Crippen LogP contribution in [0.25, 0.3) is 76.8 Å². The standard InChI is InChI=1S/C55H36/c1-4-16-37(17-5-1)38-28-30-39(31-29-38)51-36-53-54(48-27-15-14-26-47(48)51)49-33-32-41(50-34-40-18-10-11-23-44(40)45-24-12-13-25-46(45)50)35-52(49)55(53,42-19-6-2-7-20-42)43-21-8-3-9-22-43/h1-36H. The average Bonchev–Trinajstić information content (AvgIpc) is 3.57. The molecule has 0 radical (unpaired) electrons. The monoisotopic (exact) mass is 696 g/mol. The van der Waals surface area contributed by atoms with Crippen LogP contribution in [0.15, 0.2) is 218 Å². The molecule has 0 saturated heterocycles. The summed E-state index contributed by atoms with van der Waals surface area (Å²) < 4.78 is 0. The third kappa shape index (κ3) is 4.78. The molecule has 1 aliphatic carbocycles. The van der Waals surface area contributed by atoms with E-state index < -0.39 is 5.41 Å². The van der Waals surface area contributed by atoms with Crippen LogP contribution in [0.1, 0.15) is 22.3 Å². The predicted molar refractivity (Wildman–Crippen MR) is 233 cm³/mol. The summed E-state index contributed by atoms with van der Waals surface area (Å²) >= 11 is 0. The first-order chi connectivity index (χ1) is 27.3. The van der Waals surface area contributed by atoms with Gasteiger partial charge in [0, 0.05) is 0 Å². The summed E-state index contributed by atoms with van der Waals surface area (Å²) in [7, 11) is 0. The lowest BCUT2D eigenvalue weighted by atomic mass is 9.67. The summed E-state index contributed by atoms with van der Waals surface area (Å²) in [6, 6.07) is 81.0. The second kappa shape index (κ2) is 12.5. The van der Waals surface area contributed by atoms with E-state index in [4.69, 9.17) is 0 Å². The average molecular weight is 697 g/mol. The van der Waals surface area contributed by atoms with E-state index in [9.17, 15) is 0 Å². The molecule has 0 aromatic heterocycles. The second-order valence-corrected chi connectivity index (χ2v) is 14.8. The minimum atomic E-state index is -0.557. The topological polar surface area (TPSA) is 0 Å². The first-order valence-corrected chi connectivity index (χ1v) is 19.2. The Balaban J connectivity index is 1.23. The molecule has 0 bridgehead atoms. The molecule has 0 aliphatic heterocycles. The van der Waals surface area contributed by atoms with Crippen molar-refractivity contribution in [2.45, 2.75) is 5.41 Å². The molecule has 0 fully saturated rings. The summed E-state index contributed by atoms with van der Waals surface area (Å²) in [4.78, 5) is 0. The molecule has 0 amide bonds. The Kier molecular flexibility index (Phi) is 7.19. The fourth-order valence-electron chi connectivity index (χ4n) is 9.52. The molecule has 256 valence electrons. The Morgan fingerprint density at radius 2 is 0.727 bits per heavy atom. The lowest BCUT2D eigenvalue weighted by Crippen LogP contribution is -2.28. The molecule has 55 heavy (non-hydrogen) atoms. The number of hydrogen-bond acceptors (Lipinski definition) is 0. The first-order valence-electron chi connectivity index (χ1n) is 19.2. The zero-order valence-corrected chi connectivity index (χ0v) is 30.3. The van der Waals surface area contributed by atoms with E-state index in [1.54, 1.807) is 0 Å². The van der Waals surface area contributed by atoms with Crippen molar-refractivity contribution >= 4 is 32.3 Å². The molecule has 0 saturated carbocycles. The maximum Gasteiger partial charge on any atom is 0.0714 e. The molecule has 0 atom stereocenters. The molecule has 0 unspecified atom stereocenters. The fraction of sp³-hybridized carbons (Fsp3) is 0.0182. The molecular weight excluding hydrogens is 661 g/mol. The van der Waals surface area contributed by atoms with Gasteiger partial charge in [0.25, 0.3) is 0 Å². The zero-order chi connectivity index (χ0) is 36.3. The largest absolute Gasteiger partial charge is 0.0714 e. The molecule has 0 heteroatoms. The highest BCUT2D eigenvalue weighted by Crippen LogP contribution is 2.59. The summed E-state index contributed by atoms with van der Waals surface area (Å²) in [5.41, 5.74) is 14.6. The van der Waals surface area contributed by atoms with Gasteiger partial charge in [-0.05, 0) is 117 Å². The minimum Gasteiger partial charge on any atom is -0.0622 e. The number of hydrogen-bond donors (Lipinski definition) is 0. The van der Waals surface area contributed by atoms with Crippen molar-refractivity contribution in [1.29, 1.82) is 0 Å². The summed E-state index contributed by atoms with van der Waals surface area (Å²) in [5.74, 6) is 0. The van der Waals surface area contributed by atoms with Crippen LogP contribution in [-0.2, 0) is 5.41 Å². The van der Waals surface area contributed by atoms with Gasteiger partial charge in [0.05, 0.1) is 5.41 Å². The highest BCUT2D eigenvalue weighted by atomic mass is 14.5. The quantitative estimate of drug-likeness (QED) is 0.157. The Morgan fingerprint density at radius 1 is 0.255 bits per heavy atom. The van der Waals surface area contributed by atoms with Crippen molar-refractivity contribution < 1.29 is 0 Å². The van der Waals surface area contributed by atoms with Gasteiger partial charge in [-0.25, -0.2) is 0 Å². The van der Waals surface area contributed by atoms with Crippen LogP contribution in [0.3, 0.4) is 0 Å². The third-order valence-corrected chi connectivity index (χ3v) is 11.9. The van der Waals surface area contributed by atoms with E-state index in [1.165, 1.54) is 99.1 Å².